The summed E-state index contributed by atoms with van der Waals surface area (Å²) in [6.45, 7) is 4.77. The van der Waals surface area contributed by atoms with Gasteiger partial charge in [-0.2, -0.15) is 9.30 Å². The molecule has 1 amide bonds. The minimum absolute atomic E-state index is 0.0343. The lowest BCUT2D eigenvalue weighted by atomic mass is 10.1. The highest BCUT2D eigenvalue weighted by Crippen LogP contribution is 2.25. The molecule has 0 N–H and O–H groups in total. The number of benzene rings is 2. The number of halogens is 1. The van der Waals surface area contributed by atoms with Gasteiger partial charge in [0.15, 0.2) is 4.80 Å². The van der Waals surface area contributed by atoms with Crippen molar-refractivity contribution in [1.29, 1.82) is 0 Å². The Kier molecular flexibility index (Phi) is 6.09. The fraction of sp³-hybridized carbons (Fsp3) is 0.364. The average Bonchev–Trinajstić information content (AvgIpc) is 3.12. The summed E-state index contributed by atoms with van der Waals surface area (Å²) in [4.78, 5) is 17.5. The first kappa shape index (κ1) is 21.9. The first-order valence-corrected chi connectivity index (χ1v) is 12.6. The van der Waals surface area contributed by atoms with E-state index >= 15 is 0 Å². The van der Waals surface area contributed by atoms with E-state index in [-0.39, 0.29) is 22.3 Å². The number of nitrogens with zero attached hydrogens (tertiary/aromatic N) is 3. The van der Waals surface area contributed by atoms with E-state index in [1.807, 2.05) is 13.8 Å². The highest BCUT2D eigenvalue weighted by molar-refractivity contribution is 7.89. The first-order valence-electron chi connectivity index (χ1n) is 10.3. The molecule has 1 aliphatic rings. The molecule has 0 radical (unpaired) electrons. The maximum Gasteiger partial charge on any atom is 0.279 e. The van der Waals surface area contributed by atoms with Gasteiger partial charge in [0.25, 0.3) is 5.91 Å². The monoisotopic (exact) mass is 461 g/mol. The van der Waals surface area contributed by atoms with Crippen LogP contribution in [-0.2, 0) is 16.6 Å². The second-order valence-corrected chi connectivity index (χ2v) is 10.5. The molecule has 1 unspecified atom stereocenters. The number of para-hydroxylation sites is 1. The number of piperidine rings is 1. The van der Waals surface area contributed by atoms with Crippen LogP contribution < -0.4 is 4.80 Å². The van der Waals surface area contributed by atoms with E-state index in [4.69, 9.17) is 0 Å². The Balaban J connectivity index is 1.65. The molecule has 6 nitrogen and oxygen atoms in total. The largest absolute Gasteiger partial charge is 0.314 e. The van der Waals surface area contributed by atoms with Crippen LogP contribution in [0.15, 0.2) is 52.4 Å². The van der Waals surface area contributed by atoms with Gasteiger partial charge in [-0.05, 0) is 63.1 Å². The quantitative estimate of drug-likeness (QED) is 0.586. The van der Waals surface area contributed by atoms with E-state index in [1.54, 1.807) is 16.7 Å². The molecule has 164 valence electrons. The molecule has 0 aliphatic carbocycles. The van der Waals surface area contributed by atoms with Gasteiger partial charge in [0.2, 0.25) is 10.0 Å². The average molecular weight is 462 g/mol. The summed E-state index contributed by atoms with van der Waals surface area (Å²) >= 11 is 1.24. The van der Waals surface area contributed by atoms with Crippen molar-refractivity contribution in [3.63, 3.8) is 0 Å². The van der Waals surface area contributed by atoms with Crippen LogP contribution in [0, 0.1) is 5.82 Å². The van der Waals surface area contributed by atoms with Crippen molar-refractivity contribution in [1.82, 2.24) is 8.87 Å². The Labute approximate surface area is 184 Å². The Bertz CT molecular complexity index is 1290. The van der Waals surface area contributed by atoms with E-state index in [0.29, 0.717) is 28.1 Å². The molecule has 1 saturated heterocycles. The molecule has 0 saturated carbocycles. The third-order valence-electron chi connectivity index (χ3n) is 5.62. The Hall–Kier alpha value is -2.36. The smallest absolute Gasteiger partial charge is 0.279 e. The van der Waals surface area contributed by atoms with Crippen molar-refractivity contribution in [2.45, 2.75) is 50.6 Å². The minimum Gasteiger partial charge on any atom is -0.314 e. The van der Waals surface area contributed by atoms with E-state index in [9.17, 15) is 17.6 Å². The molecule has 9 heteroatoms. The molecule has 0 bridgehead atoms. The number of aryl methyl sites for hydroxylation is 1. The number of thiazole rings is 1. The number of amides is 1. The highest BCUT2D eigenvalue weighted by atomic mass is 32.2. The normalized spacial score (nSPS) is 18.5. The van der Waals surface area contributed by atoms with Crippen LogP contribution >= 0.6 is 11.3 Å². The number of aromatic nitrogens is 1. The molecule has 31 heavy (non-hydrogen) atoms. The zero-order valence-corrected chi connectivity index (χ0v) is 19.0. The van der Waals surface area contributed by atoms with Crippen LogP contribution in [0.5, 0.6) is 0 Å². The molecular formula is C22H24FN3O3S2. The zero-order valence-electron chi connectivity index (χ0n) is 17.4. The topological polar surface area (TPSA) is 71.7 Å². The van der Waals surface area contributed by atoms with E-state index in [1.165, 1.54) is 46.0 Å². The van der Waals surface area contributed by atoms with Gasteiger partial charge in [-0.15, -0.1) is 0 Å². The van der Waals surface area contributed by atoms with Crippen LogP contribution in [0.3, 0.4) is 0 Å². The van der Waals surface area contributed by atoms with Crippen molar-refractivity contribution in [3.8, 4) is 0 Å². The van der Waals surface area contributed by atoms with Gasteiger partial charge in [0.05, 0.1) is 15.1 Å². The van der Waals surface area contributed by atoms with Gasteiger partial charge in [0, 0.05) is 24.7 Å². The van der Waals surface area contributed by atoms with Gasteiger partial charge in [0.1, 0.15) is 5.82 Å². The third kappa shape index (κ3) is 4.09. The number of carbonyl (C=O) groups is 1. The fourth-order valence-corrected chi connectivity index (χ4v) is 6.76. The van der Waals surface area contributed by atoms with Gasteiger partial charge < -0.3 is 4.57 Å². The van der Waals surface area contributed by atoms with Gasteiger partial charge in [-0.1, -0.05) is 23.8 Å². The maximum absolute atomic E-state index is 14.2. The van der Waals surface area contributed by atoms with Crippen molar-refractivity contribution < 1.29 is 17.6 Å². The molecule has 1 fully saturated rings. The molecular weight excluding hydrogens is 437 g/mol. The maximum atomic E-state index is 14.2. The summed E-state index contributed by atoms with van der Waals surface area (Å²) in [5.74, 6) is -0.851. The van der Waals surface area contributed by atoms with Crippen LogP contribution in [0.4, 0.5) is 4.39 Å². The van der Waals surface area contributed by atoms with Crippen molar-refractivity contribution in [2.24, 2.45) is 4.99 Å². The van der Waals surface area contributed by atoms with Gasteiger partial charge in [-0.25, -0.2) is 12.8 Å². The predicted molar refractivity (Wildman–Crippen MR) is 119 cm³/mol. The van der Waals surface area contributed by atoms with Crippen molar-refractivity contribution >= 4 is 37.5 Å². The van der Waals surface area contributed by atoms with Crippen LogP contribution in [0.2, 0.25) is 0 Å². The standard InChI is InChI=1S/C22H24FN3O3S2/c1-3-25-20-18(23)8-6-9-19(20)30-22(25)24-21(27)16-10-12-17(13-11-16)31(28,29)26-14-5-4-7-15(26)2/h6,8-13,15H,3-5,7,14H2,1-2H3. The third-order valence-corrected chi connectivity index (χ3v) is 8.69. The predicted octanol–water partition coefficient (Wildman–Crippen LogP) is 4.17. The van der Waals surface area contributed by atoms with E-state index in [0.717, 1.165) is 19.3 Å². The summed E-state index contributed by atoms with van der Waals surface area (Å²) < 4.78 is 44.1. The Morgan fingerprint density at radius 3 is 2.61 bits per heavy atom. The minimum atomic E-state index is -3.60. The number of hydrogen-bond donors (Lipinski definition) is 0. The molecule has 1 atom stereocenters. The Morgan fingerprint density at radius 1 is 1.19 bits per heavy atom. The molecule has 2 aromatic carbocycles. The van der Waals surface area contributed by atoms with Crippen molar-refractivity contribution in [2.75, 3.05) is 6.54 Å². The lowest BCUT2D eigenvalue weighted by Crippen LogP contribution is -2.41. The molecule has 1 aliphatic heterocycles. The van der Waals surface area contributed by atoms with Crippen LogP contribution in [0.25, 0.3) is 10.2 Å². The highest BCUT2D eigenvalue weighted by Gasteiger charge is 2.30. The van der Waals surface area contributed by atoms with E-state index in [2.05, 4.69) is 4.99 Å². The summed E-state index contributed by atoms with van der Waals surface area (Å²) in [5, 5.41) is 0. The van der Waals surface area contributed by atoms with Gasteiger partial charge >= 0.3 is 0 Å². The van der Waals surface area contributed by atoms with Crippen LogP contribution in [-0.4, -0.2) is 35.8 Å². The summed E-state index contributed by atoms with van der Waals surface area (Å²) in [7, 11) is -3.60. The fourth-order valence-electron chi connectivity index (χ4n) is 3.95. The zero-order chi connectivity index (χ0) is 22.2. The lowest BCUT2D eigenvalue weighted by Gasteiger charge is -2.32. The number of fused-ring (bicyclic) bond motifs is 1. The SMILES string of the molecule is CCn1c(=NC(=O)c2ccc(S(=O)(=O)N3CCCCC3C)cc2)sc2cccc(F)c21. The van der Waals surface area contributed by atoms with Crippen LogP contribution in [0.1, 0.15) is 43.5 Å². The van der Waals surface area contributed by atoms with Gasteiger partial charge in [-0.3, -0.25) is 4.79 Å². The summed E-state index contributed by atoms with van der Waals surface area (Å²) in [6.07, 6.45) is 2.73. The van der Waals surface area contributed by atoms with E-state index < -0.39 is 15.9 Å². The Morgan fingerprint density at radius 2 is 1.94 bits per heavy atom. The lowest BCUT2D eigenvalue weighted by molar-refractivity contribution is 0.0997. The summed E-state index contributed by atoms with van der Waals surface area (Å²) in [6, 6.07) is 10.6. The second kappa shape index (κ2) is 8.64. The second-order valence-electron chi connectivity index (χ2n) is 7.62. The number of carbonyl (C=O) groups excluding carboxylic acids is 1. The molecule has 3 aromatic rings. The number of hydrogen-bond acceptors (Lipinski definition) is 4. The molecule has 2 heterocycles. The molecule has 0 spiro atoms. The number of rotatable bonds is 4. The molecule has 4 rings (SSSR count). The summed E-state index contributed by atoms with van der Waals surface area (Å²) in [5.41, 5.74) is 0.713. The number of sulfonamides is 1. The van der Waals surface area contributed by atoms with Crippen molar-refractivity contribution in [3.05, 3.63) is 58.6 Å². The molecule has 1 aromatic heterocycles. The first-order chi connectivity index (χ1) is 14.8.